The Labute approximate surface area is 130 Å². The molecule has 0 radical (unpaired) electrons. The Morgan fingerprint density at radius 1 is 1.09 bits per heavy atom. The molecule has 1 unspecified atom stereocenters. The van der Waals surface area contributed by atoms with E-state index >= 15 is 0 Å². The Morgan fingerprint density at radius 3 is 2.36 bits per heavy atom. The Kier molecular flexibility index (Phi) is 6.03. The average Bonchev–Trinajstić information content (AvgIpc) is 2.58. The maximum Gasteiger partial charge on any atom is 0.509 e. The molecule has 0 fully saturated rings. The monoisotopic (exact) mass is 294 g/mol. The van der Waals surface area contributed by atoms with E-state index in [1.807, 2.05) is 60.7 Å². The predicted molar refractivity (Wildman–Crippen MR) is 85.2 cm³/mol. The van der Waals surface area contributed by atoms with E-state index < -0.39 is 12.3 Å². The summed E-state index contributed by atoms with van der Waals surface area (Å²) < 4.78 is 10.5. The van der Waals surface area contributed by atoms with Crippen molar-refractivity contribution in [3.8, 4) is 0 Å². The molecule has 0 heterocycles. The lowest BCUT2D eigenvalue weighted by Crippen LogP contribution is -2.12. The first-order chi connectivity index (χ1) is 10.8. The fourth-order valence-corrected chi connectivity index (χ4v) is 1.98. The van der Waals surface area contributed by atoms with Gasteiger partial charge in [0.2, 0.25) is 0 Å². The van der Waals surface area contributed by atoms with Crippen LogP contribution in [0.1, 0.15) is 23.7 Å². The second-order valence-corrected chi connectivity index (χ2v) is 4.69. The number of carbonyl (C=O) groups is 1. The SMILES string of the molecule is C=C=CCC(OC(=O)OCc1ccccc1)c1ccccc1. The summed E-state index contributed by atoms with van der Waals surface area (Å²) in [5.41, 5.74) is 4.52. The van der Waals surface area contributed by atoms with E-state index in [1.54, 1.807) is 6.08 Å². The molecule has 0 aromatic heterocycles. The number of carbonyl (C=O) groups excluding carboxylic acids is 1. The van der Waals surface area contributed by atoms with E-state index in [0.29, 0.717) is 6.42 Å². The number of hydrogen-bond donors (Lipinski definition) is 0. The predicted octanol–water partition coefficient (Wildman–Crippen LogP) is 4.81. The molecule has 0 spiro atoms. The molecule has 0 saturated heterocycles. The van der Waals surface area contributed by atoms with E-state index in [-0.39, 0.29) is 6.61 Å². The standard InChI is InChI=1S/C19H18O3/c1-2-3-14-18(17-12-8-5-9-13-17)22-19(20)21-15-16-10-6-4-7-11-16/h3-13,18H,1,14-15H2. The largest absolute Gasteiger partial charge is 0.509 e. The van der Waals surface area contributed by atoms with Crippen molar-refractivity contribution < 1.29 is 14.3 Å². The fourth-order valence-electron chi connectivity index (χ4n) is 1.98. The molecule has 3 heteroatoms. The van der Waals surface area contributed by atoms with Gasteiger partial charge in [0.05, 0.1) is 0 Å². The van der Waals surface area contributed by atoms with Crippen molar-refractivity contribution in [2.24, 2.45) is 0 Å². The van der Waals surface area contributed by atoms with Gasteiger partial charge in [-0.2, -0.15) is 0 Å². The summed E-state index contributed by atoms with van der Waals surface area (Å²) in [5.74, 6) is 0. The lowest BCUT2D eigenvalue weighted by Gasteiger charge is -2.16. The Hall–Kier alpha value is -2.77. The van der Waals surface area contributed by atoms with Gasteiger partial charge in [-0.05, 0) is 17.2 Å². The first kappa shape index (κ1) is 15.6. The van der Waals surface area contributed by atoms with Crippen molar-refractivity contribution >= 4 is 6.16 Å². The van der Waals surface area contributed by atoms with E-state index in [4.69, 9.17) is 9.47 Å². The van der Waals surface area contributed by atoms with Crippen molar-refractivity contribution in [1.82, 2.24) is 0 Å². The number of ether oxygens (including phenoxy) is 2. The molecule has 0 aliphatic carbocycles. The minimum atomic E-state index is -0.685. The summed E-state index contributed by atoms with van der Waals surface area (Å²) in [5, 5.41) is 0. The number of hydrogen-bond acceptors (Lipinski definition) is 3. The zero-order chi connectivity index (χ0) is 15.6. The highest BCUT2D eigenvalue weighted by Gasteiger charge is 2.16. The second-order valence-electron chi connectivity index (χ2n) is 4.69. The van der Waals surface area contributed by atoms with Crippen LogP contribution in [0, 0.1) is 0 Å². The van der Waals surface area contributed by atoms with Gasteiger partial charge in [0.25, 0.3) is 0 Å². The van der Waals surface area contributed by atoms with Crippen LogP contribution >= 0.6 is 0 Å². The quantitative estimate of drug-likeness (QED) is 0.566. The zero-order valence-corrected chi connectivity index (χ0v) is 12.3. The Morgan fingerprint density at radius 2 is 1.73 bits per heavy atom. The molecule has 0 aliphatic rings. The Bertz CT molecular complexity index is 628. The lowest BCUT2D eigenvalue weighted by atomic mass is 10.1. The molecule has 3 nitrogen and oxygen atoms in total. The van der Waals surface area contributed by atoms with Crippen LogP contribution in [0.5, 0.6) is 0 Å². The third-order valence-corrected chi connectivity index (χ3v) is 3.09. The molecule has 0 amide bonds. The number of benzene rings is 2. The van der Waals surface area contributed by atoms with E-state index in [2.05, 4.69) is 12.3 Å². The third kappa shape index (κ3) is 4.97. The van der Waals surface area contributed by atoms with Gasteiger partial charge in [0.15, 0.2) is 0 Å². The third-order valence-electron chi connectivity index (χ3n) is 3.09. The van der Waals surface area contributed by atoms with E-state index in [9.17, 15) is 4.79 Å². The maximum absolute atomic E-state index is 11.9. The molecule has 2 aromatic carbocycles. The highest BCUT2D eigenvalue weighted by Crippen LogP contribution is 2.22. The summed E-state index contributed by atoms with van der Waals surface area (Å²) in [6, 6.07) is 19.0. The molecule has 0 N–H and O–H groups in total. The van der Waals surface area contributed by atoms with Gasteiger partial charge in [-0.15, -0.1) is 5.73 Å². The zero-order valence-electron chi connectivity index (χ0n) is 12.3. The van der Waals surface area contributed by atoms with Crippen LogP contribution in [-0.2, 0) is 16.1 Å². The van der Waals surface area contributed by atoms with Crippen LogP contribution in [0.2, 0.25) is 0 Å². The van der Waals surface area contributed by atoms with Crippen molar-refractivity contribution in [2.75, 3.05) is 0 Å². The molecule has 0 bridgehead atoms. The minimum Gasteiger partial charge on any atom is -0.429 e. The molecule has 1 atom stereocenters. The van der Waals surface area contributed by atoms with Crippen LogP contribution in [0.15, 0.2) is 79.0 Å². The fraction of sp³-hybridized carbons (Fsp3) is 0.158. The lowest BCUT2D eigenvalue weighted by molar-refractivity contribution is 0.0191. The normalized spacial score (nSPS) is 11.1. The molecule has 22 heavy (non-hydrogen) atoms. The average molecular weight is 294 g/mol. The van der Waals surface area contributed by atoms with Crippen molar-refractivity contribution in [1.29, 1.82) is 0 Å². The molecule has 2 aromatic rings. The molecule has 2 rings (SSSR count). The van der Waals surface area contributed by atoms with Gasteiger partial charge >= 0.3 is 6.16 Å². The van der Waals surface area contributed by atoms with E-state index in [0.717, 1.165) is 11.1 Å². The Balaban J connectivity index is 1.94. The van der Waals surface area contributed by atoms with Crippen LogP contribution in [0.25, 0.3) is 0 Å². The summed E-state index contributed by atoms with van der Waals surface area (Å²) >= 11 is 0. The van der Waals surface area contributed by atoms with Crippen molar-refractivity contribution in [3.05, 3.63) is 90.2 Å². The summed E-state index contributed by atoms with van der Waals surface area (Å²) in [4.78, 5) is 11.9. The van der Waals surface area contributed by atoms with Gasteiger partial charge in [0, 0.05) is 6.42 Å². The highest BCUT2D eigenvalue weighted by molar-refractivity contribution is 5.60. The molecule has 112 valence electrons. The first-order valence-electron chi connectivity index (χ1n) is 7.06. The number of rotatable bonds is 6. The highest BCUT2D eigenvalue weighted by atomic mass is 16.7. The van der Waals surface area contributed by atoms with Gasteiger partial charge in [-0.25, -0.2) is 4.79 Å². The minimum absolute atomic E-state index is 0.193. The molecular formula is C19H18O3. The summed E-state index contributed by atoms with van der Waals surface area (Å²) in [6.07, 6.45) is 1.16. The van der Waals surface area contributed by atoms with Crippen molar-refractivity contribution in [2.45, 2.75) is 19.1 Å². The summed E-state index contributed by atoms with van der Waals surface area (Å²) in [6.45, 7) is 3.72. The van der Waals surface area contributed by atoms with Gasteiger partial charge in [-0.3, -0.25) is 0 Å². The van der Waals surface area contributed by atoms with Gasteiger partial charge < -0.3 is 9.47 Å². The van der Waals surface area contributed by atoms with Gasteiger partial charge in [-0.1, -0.05) is 67.2 Å². The molecule has 0 aliphatic heterocycles. The van der Waals surface area contributed by atoms with Crippen LogP contribution in [0.3, 0.4) is 0 Å². The van der Waals surface area contributed by atoms with Crippen LogP contribution < -0.4 is 0 Å². The smallest absolute Gasteiger partial charge is 0.429 e. The first-order valence-corrected chi connectivity index (χ1v) is 7.06. The second kappa shape index (κ2) is 8.50. The molecular weight excluding hydrogens is 276 g/mol. The summed E-state index contributed by atoms with van der Waals surface area (Å²) in [7, 11) is 0. The van der Waals surface area contributed by atoms with Gasteiger partial charge in [0.1, 0.15) is 12.7 Å². The topological polar surface area (TPSA) is 35.5 Å². The van der Waals surface area contributed by atoms with Crippen molar-refractivity contribution in [3.63, 3.8) is 0 Å². The van der Waals surface area contributed by atoms with Crippen LogP contribution in [-0.4, -0.2) is 6.16 Å². The maximum atomic E-state index is 11.9. The van der Waals surface area contributed by atoms with E-state index in [1.165, 1.54) is 0 Å². The molecule has 0 saturated carbocycles. The van der Waals surface area contributed by atoms with Crippen LogP contribution in [0.4, 0.5) is 4.79 Å².